The first-order valence-electron chi connectivity index (χ1n) is 13.4. The maximum absolute atomic E-state index is 14.2. The number of hydrogen-bond acceptors (Lipinski definition) is 5. The van der Waals surface area contributed by atoms with Crippen molar-refractivity contribution in [3.8, 4) is 0 Å². The predicted octanol–water partition coefficient (Wildman–Crippen LogP) is 6.16. The molecule has 3 aromatic carbocycles. The highest BCUT2D eigenvalue weighted by molar-refractivity contribution is 6.04. The number of piperidine rings is 1. The van der Waals surface area contributed by atoms with Gasteiger partial charge in [-0.1, -0.05) is 42.8 Å². The fourth-order valence-corrected chi connectivity index (χ4v) is 5.22. The zero-order chi connectivity index (χ0) is 29.1. The van der Waals surface area contributed by atoms with E-state index < -0.39 is 46.8 Å². The molecule has 3 aromatic rings. The largest absolute Gasteiger partial charge is 0.392 e. The quantitative estimate of drug-likeness (QED) is 0.200. The van der Waals surface area contributed by atoms with Crippen molar-refractivity contribution >= 4 is 11.6 Å². The fraction of sp³-hybridized carbons (Fsp3) is 0.367. The van der Waals surface area contributed by atoms with Crippen LogP contribution in [0.25, 0.3) is 0 Å². The molecular formula is C30H29F5N2O4. The summed E-state index contributed by atoms with van der Waals surface area (Å²) in [7, 11) is 0. The zero-order valence-corrected chi connectivity index (χ0v) is 22.0. The molecule has 0 spiro atoms. The van der Waals surface area contributed by atoms with Gasteiger partial charge in [-0.15, -0.1) is 0 Å². The van der Waals surface area contributed by atoms with Gasteiger partial charge in [0.2, 0.25) is 5.82 Å². The molecule has 218 valence electrons. The number of carbonyl (C=O) groups excluding carboxylic acids is 1. The summed E-state index contributed by atoms with van der Waals surface area (Å²) in [6.45, 7) is 2.56. The molecule has 0 bridgehead atoms. The average Bonchev–Trinajstić information content (AvgIpc) is 2.99. The molecule has 2 N–H and O–H groups in total. The van der Waals surface area contributed by atoms with Gasteiger partial charge in [-0.2, -0.15) is 0 Å². The summed E-state index contributed by atoms with van der Waals surface area (Å²) in [5.41, 5.74) is 0.616. The third-order valence-electron chi connectivity index (χ3n) is 7.38. The van der Waals surface area contributed by atoms with E-state index in [0.717, 1.165) is 37.1 Å². The summed E-state index contributed by atoms with van der Waals surface area (Å²) in [5.74, 6) is -12.7. The van der Waals surface area contributed by atoms with Crippen LogP contribution in [0.4, 0.5) is 27.6 Å². The van der Waals surface area contributed by atoms with Crippen molar-refractivity contribution in [3.05, 3.63) is 99.9 Å². The Morgan fingerprint density at radius 1 is 0.854 bits per heavy atom. The van der Waals surface area contributed by atoms with Crippen LogP contribution in [0, 0.1) is 29.1 Å². The number of benzene rings is 3. The van der Waals surface area contributed by atoms with Gasteiger partial charge in [-0.25, -0.2) is 22.0 Å². The summed E-state index contributed by atoms with van der Waals surface area (Å²) in [6, 6.07) is 13.5. The van der Waals surface area contributed by atoms with Gasteiger partial charge in [0.05, 0.1) is 18.8 Å². The van der Waals surface area contributed by atoms with Crippen LogP contribution in [0.1, 0.15) is 65.1 Å². The van der Waals surface area contributed by atoms with Gasteiger partial charge in [-0.3, -0.25) is 4.79 Å². The van der Waals surface area contributed by atoms with E-state index >= 15 is 0 Å². The third-order valence-corrected chi connectivity index (χ3v) is 7.38. The molecule has 5 rings (SSSR count). The lowest BCUT2D eigenvalue weighted by Crippen LogP contribution is -2.41. The van der Waals surface area contributed by atoms with Gasteiger partial charge >= 0.3 is 0 Å². The Kier molecular flexibility index (Phi) is 8.98. The number of hydrogen-bond donors (Lipinski definition) is 2. The topological polar surface area (TPSA) is 71.0 Å². The van der Waals surface area contributed by atoms with Gasteiger partial charge in [0.15, 0.2) is 29.6 Å². The van der Waals surface area contributed by atoms with Crippen molar-refractivity contribution in [1.82, 2.24) is 4.90 Å². The Labute approximate surface area is 233 Å². The van der Waals surface area contributed by atoms with Crippen LogP contribution in [0.2, 0.25) is 0 Å². The van der Waals surface area contributed by atoms with Crippen molar-refractivity contribution in [3.63, 3.8) is 0 Å². The van der Waals surface area contributed by atoms with Crippen LogP contribution >= 0.6 is 0 Å². The first kappa shape index (κ1) is 29.1. The molecule has 1 amide bonds. The van der Waals surface area contributed by atoms with Crippen LogP contribution in [0.5, 0.6) is 0 Å². The normalized spacial score (nSPS) is 21.6. The van der Waals surface area contributed by atoms with Crippen molar-refractivity contribution in [2.75, 3.05) is 25.0 Å². The number of amides is 1. The monoisotopic (exact) mass is 576 g/mol. The number of carbonyl (C=O) groups is 1. The van der Waals surface area contributed by atoms with E-state index in [1.165, 1.54) is 18.6 Å². The van der Waals surface area contributed by atoms with Gasteiger partial charge < -0.3 is 24.8 Å². The van der Waals surface area contributed by atoms with E-state index in [4.69, 9.17) is 9.47 Å². The second-order valence-electron chi connectivity index (χ2n) is 10.2. The summed E-state index contributed by atoms with van der Waals surface area (Å²) in [4.78, 5) is 14.9. The number of rotatable bonds is 7. The molecule has 2 fully saturated rings. The lowest BCUT2D eigenvalue weighted by atomic mass is 9.99. The number of aliphatic hydroxyl groups excluding tert-OH is 1. The number of aliphatic hydroxyl groups is 1. The maximum atomic E-state index is 14.2. The smallest absolute Gasteiger partial charge is 0.261 e. The van der Waals surface area contributed by atoms with Crippen LogP contribution in [-0.4, -0.2) is 41.7 Å². The molecule has 2 aliphatic heterocycles. The number of ether oxygens (including phenoxy) is 2. The molecule has 0 aromatic heterocycles. The average molecular weight is 577 g/mol. The van der Waals surface area contributed by atoms with Crippen LogP contribution in [0.15, 0.2) is 48.5 Å². The Morgan fingerprint density at radius 3 is 2.17 bits per heavy atom. The summed E-state index contributed by atoms with van der Waals surface area (Å²) >= 11 is 0. The van der Waals surface area contributed by atoms with Gasteiger partial charge in [0, 0.05) is 24.2 Å². The predicted molar refractivity (Wildman–Crippen MR) is 139 cm³/mol. The van der Waals surface area contributed by atoms with Gasteiger partial charge in [-0.05, 0) is 49.2 Å². The molecule has 2 heterocycles. The highest BCUT2D eigenvalue weighted by atomic mass is 19.2. The molecule has 3 atom stereocenters. The fourth-order valence-electron chi connectivity index (χ4n) is 5.22. The first-order valence-corrected chi connectivity index (χ1v) is 13.4. The molecule has 2 saturated heterocycles. The van der Waals surface area contributed by atoms with E-state index in [2.05, 4.69) is 10.2 Å². The van der Waals surface area contributed by atoms with Crippen LogP contribution in [-0.2, 0) is 16.1 Å². The molecule has 0 saturated carbocycles. The summed E-state index contributed by atoms with van der Waals surface area (Å²) in [6.07, 6.45) is 2.60. The lowest BCUT2D eigenvalue weighted by molar-refractivity contribution is -0.253. The molecule has 11 heteroatoms. The molecule has 6 nitrogen and oxygen atoms in total. The van der Waals surface area contributed by atoms with Crippen molar-refractivity contribution in [2.24, 2.45) is 0 Å². The summed E-state index contributed by atoms with van der Waals surface area (Å²) < 4.78 is 81.7. The Balaban J connectivity index is 1.38. The number of likely N-dealkylation sites (tertiary alicyclic amines) is 1. The van der Waals surface area contributed by atoms with E-state index in [0.29, 0.717) is 18.5 Å². The molecule has 3 unspecified atom stereocenters. The zero-order valence-electron chi connectivity index (χ0n) is 22.0. The second kappa shape index (κ2) is 12.6. The van der Waals surface area contributed by atoms with Gasteiger partial charge in [0.1, 0.15) is 5.56 Å². The molecule has 41 heavy (non-hydrogen) atoms. The minimum absolute atomic E-state index is 0.0469. The minimum Gasteiger partial charge on any atom is -0.392 e. The van der Waals surface area contributed by atoms with Crippen molar-refractivity contribution in [1.29, 1.82) is 0 Å². The highest BCUT2D eigenvalue weighted by Gasteiger charge is 2.34. The van der Waals surface area contributed by atoms with E-state index in [1.807, 2.05) is 24.3 Å². The van der Waals surface area contributed by atoms with E-state index in [9.17, 15) is 31.9 Å². The number of nitrogens with one attached hydrogen (secondary N) is 1. The Hall–Kier alpha value is -3.38. The van der Waals surface area contributed by atoms with Crippen LogP contribution in [0.3, 0.4) is 0 Å². The second-order valence-corrected chi connectivity index (χ2v) is 10.2. The minimum atomic E-state index is -2.34. The summed E-state index contributed by atoms with van der Waals surface area (Å²) in [5, 5.41) is 11.6. The number of nitrogens with zero attached hydrogens (tertiary/aromatic N) is 1. The number of anilines is 1. The first-order chi connectivity index (χ1) is 19.7. The lowest BCUT2D eigenvalue weighted by Gasteiger charge is -2.39. The molecular weight excluding hydrogens is 547 g/mol. The highest BCUT2D eigenvalue weighted by Crippen LogP contribution is 2.39. The Morgan fingerprint density at radius 2 is 1.51 bits per heavy atom. The van der Waals surface area contributed by atoms with E-state index in [-0.39, 0.29) is 24.5 Å². The Bertz CT molecular complexity index is 1370. The third kappa shape index (κ3) is 6.43. The molecule has 0 aliphatic carbocycles. The number of halogens is 5. The van der Waals surface area contributed by atoms with Crippen molar-refractivity contribution in [2.45, 2.75) is 50.8 Å². The molecule has 2 aliphatic rings. The van der Waals surface area contributed by atoms with Crippen LogP contribution < -0.4 is 5.32 Å². The SMILES string of the molecule is O=C(Nc1cccc(C2OC(CN3CCCCC3)CC(c3ccc(CO)cc3)O2)c1)c1c(F)c(F)c(F)c(F)c1F. The van der Waals surface area contributed by atoms with Gasteiger partial charge in [0.25, 0.3) is 5.91 Å². The van der Waals surface area contributed by atoms with E-state index in [1.54, 1.807) is 12.1 Å². The maximum Gasteiger partial charge on any atom is 0.261 e. The van der Waals surface area contributed by atoms with Crippen molar-refractivity contribution < 1.29 is 41.3 Å². The standard InChI is InChI=1S/C30H29F5N2O4/c31-24-23(25(32)27(34)28(35)26(24)33)29(39)36-20-6-4-5-19(13-20)30-40-21(15-37-11-2-1-3-12-37)14-22(41-30)18-9-7-17(16-38)8-10-18/h4-10,13,21-22,30,38H,1-3,11-12,14-16H2,(H,36,39). The molecule has 0 radical (unpaired) electrons.